The van der Waals surface area contributed by atoms with E-state index in [4.69, 9.17) is 4.74 Å². The van der Waals surface area contributed by atoms with Gasteiger partial charge in [0.05, 0.1) is 9.90 Å². The number of hydrogen-bond donors (Lipinski definition) is 1. The van der Waals surface area contributed by atoms with Gasteiger partial charge in [0.1, 0.15) is 17.4 Å². The SMILES string of the molecule is CC(C)(C)NC(=O)OCc1nc(-c2ccccc2F)c(Sc2ccccc2)s1. The monoisotopic (exact) mass is 416 g/mol. The molecule has 7 heteroatoms. The summed E-state index contributed by atoms with van der Waals surface area (Å²) in [5.41, 5.74) is 0.612. The van der Waals surface area contributed by atoms with Crippen LogP contribution in [0.15, 0.2) is 63.7 Å². The summed E-state index contributed by atoms with van der Waals surface area (Å²) in [5, 5.41) is 3.35. The topological polar surface area (TPSA) is 51.2 Å². The molecule has 0 aliphatic carbocycles. The van der Waals surface area contributed by atoms with E-state index in [0.717, 1.165) is 9.10 Å². The fourth-order valence-corrected chi connectivity index (χ4v) is 4.59. The van der Waals surface area contributed by atoms with E-state index in [2.05, 4.69) is 10.3 Å². The molecule has 0 saturated carbocycles. The van der Waals surface area contributed by atoms with Gasteiger partial charge in [0.15, 0.2) is 0 Å². The van der Waals surface area contributed by atoms with Crippen LogP contribution in [0.25, 0.3) is 11.3 Å². The second kappa shape index (κ2) is 8.75. The van der Waals surface area contributed by atoms with Crippen molar-refractivity contribution in [2.75, 3.05) is 0 Å². The van der Waals surface area contributed by atoms with Gasteiger partial charge in [-0.3, -0.25) is 0 Å². The number of hydrogen-bond acceptors (Lipinski definition) is 5. The third-order valence-corrected chi connectivity index (χ3v) is 5.74. The normalized spacial score (nSPS) is 11.3. The van der Waals surface area contributed by atoms with Gasteiger partial charge in [-0.1, -0.05) is 42.1 Å². The number of carbonyl (C=O) groups is 1. The number of amides is 1. The molecule has 1 N–H and O–H groups in total. The molecule has 1 aromatic heterocycles. The van der Waals surface area contributed by atoms with Gasteiger partial charge >= 0.3 is 6.09 Å². The fraction of sp³-hybridized carbons (Fsp3) is 0.238. The summed E-state index contributed by atoms with van der Waals surface area (Å²) in [6.07, 6.45) is -0.507. The maximum Gasteiger partial charge on any atom is 0.407 e. The number of alkyl carbamates (subject to hydrolysis) is 1. The summed E-state index contributed by atoms with van der Waals surface area (Å²) in [6.45, 7) is 5.66. The predicted molar refractivity (Wildman–Crippen MR) is 111 cm³/mol. The van der Waals surface area contributed by atoms with Crippen LogP contribution in [0.5, 0.6) is 0 Å². The Labute approximate surface area is 172 Å². The third-order valence-electron chi connectivity index (χ3n) is 3.53. The lowest BCUT2D eigenvalue weighted by Crippen LogP contribution is -2.40. The second-order valence-corrected chi connectivity index (χ2v) is 9.52. The molecule has 0 unspecified atom stereocenters. The highest BCUT2D eigenvalue weighted by atomic mass is 32.2. The van der Waals surface area contributed by atoms with Gasteiger partial charge in [0.2, 0.25) is 0 Å². The average molecular weight is 417 g/mol. The molecule has 1 amide bonds. The molecule has 1 heterocycles. The first-order valence-electron chi connectivity index (χ1n) is 8.74. The quantitative estimate of drug-likeness (QED) is 0.544. The Kier molecular flexibility index (Phi) is 6.36. The summed E-state index contributed by atoms with van der Waals surface area (Å²) in [5.74, 6) is -0.333. The molecule has 0 radical (unpaired) electrons. The summed E-state index contributed by atoms with van der Waals surface area (Å²) < 4.78 is 20.5. The minimum Gasteiger partial charge on any atom is -0.442 e. The van der Waals surface area contributed by atoms with Gasteiger partial charge in [-0.25, -0.2) is 14.2 Å². The van der Waals surface area contributed by atoms with Crippen molar-refractivity contribution in [2.24, 2.45) is 0 Å². The molecule has 0 fully saturated rings. The van der Waals surface area contributed by atoms with Crippen molar-refractivity contribution in [1.82, 2.24) is 10.3 Å². The number of carbonyl (C=O) groups excluding carboxylic acids is 1. The summed E-state index contributed by atoms with van der Waals surface area (Å²) in [7, 11) is 0. The van der Waals surface area contributed by atoms with Crippen LogP contribution in [0.3, 0.4) is 0 Å². The molecule has 0 spiro atoms. The summed E-state index contributed by atoms with van der Waals surface area (Å²) in [6, 6.07) is 16.4. The number of aromatic nitrogens is 1. The summed E-state index contributed by atoms with van der Waals surface area (Å²) in [4.78, 5) is 17.5. The molecule has 3 rings (SSSR count). The average Bonchev–Trinajstić information content (AvgIpc) is 3.02. The van der Waals surface area contributed by atoms with E-state index in [1.807, 2.05) is 51.1 Å². The molecule has 0 aliphatic heterocycles. The molecule has 0 aliphatic rings. The van der Waals surface area contributed by atoms with Crippen LogP contribution in [0.2, 0.25) is 0 Å². The van der Waals surface area contributed by atoms with Crippen molar-refractivity contribution in [2.45, 2.75) is 42.0 Å². The Bertz CT molecular complexity index is 953. The van der Waals surface area contributed by atoms with Crippen LogP contribution < -0.4 is 5.32 Å². The number of rotatable bonds is 5. The molecule has 2 aromatic carbocycles. The van der Waals surface area contributed by atoms with Crippen molar-refractivity contribution >= 4 is 29.2 Å². The molecule has 3 aromatic rings. The van der Waals surface area contributed by atoms with Crippen molar-refractivity contribution in [3.63, 3.8) is 0 Å². The minimum absolute atomic E-state index is 0.0311. The van der Waals surface area contributed by atoms with E-state index in [-0.39, 0.29) is 18.0 Å². The van der Waals surface area contributed by atoms with Gasteiger partial charge in [0.25, 0.3) is 0 Å². The summed E-state index contributed by atoms with van der Waals surface area (Å²) >= 11 is 2.91. The number of halogens is 1. The number of nitrogens with zero attached hydrogens (tertiary/aromatic N) is 1. The number of benzene rings is 2. The largest absolute Gasteiger partial charge is 0.442 e. The van der Waals surface area contributed by atoms with Crippen molar-refractivity contribution in [1.29, 1.82) is 0 Å². The zero-order valence-electron chi connectivity index (χ0n) is 15.9. The van der Waals surface area contributed by atoms with Gasteiger partial charge < -0.3 is 10.1 Å². The lowest BCUT2D eigenvalue weighted by molar-refractivity contribution is 0.131. The van der Waals surface area contributed by atoms with Crippen molar-refractivity contribution < 1.29 is 13.9 Å². The zero-order valence-corrected chi connectivity index (χ0v) is 17.5. The molecule has 0 atom stereocenters. The first kappa shape index (κ1) is 20.4. The van der Waals surface area contributed by atoms with E-state index in [1.54, 1.807) is 18.2 Å². The van der Waals surface area contributed by atoms with E-state index in [0.29, 0.717) is 16.3 Å². The molecule has 4 nitrogen and oxygen atoms in total. The third kappa shape index (κ3) is 5.56. The van der Waals surface area contributed by atoms with Crippen LogP contribution in [-0.4, -0.2) is 16.6 Å². The highest BCUT2D eigenvalue weighted by Crippen LogP contribution is 2.41. The van der Waals surface area contributed by atoms with E-state index >= 15 is 0 Å². The molecule has 28 heavy (non-hydrogen) atoms. The molecule has 0 bridgehead atoms. The van der Waals surface area contributed by atoms with Crippen LogP contribution in [-0.2, 0) is 11.3 Å². The zero-order chi connectivity index (χ0) is 20.1. The van der Waals surface area contributed by atoms with Crippen molar-refractivity contribution in [3.05, 3.63) is 65.4 Å². The van der Waals surface area contributed by atoms with E-state index < -0.39 is 6.09 Å². The Balaban J connectivity index is 1.85. The number of ether oxygens (including phenoxy) is 1. The lowest BCUT2D eigenvalue weighted by atomic mass is 10.1. The van der Waals surface area contributed by atoms with Crippen molar-refractivity contribution in [3.8, 4) is 11.3 Å². The van der Waals surface area contributed by atoms with Crippen LogP contribution in [0, 0.1) is 5.82 Å². The van der Waals surface area contributed by atoms with Gasteiger partial charge in [-0.05, 0) is 45.0 Å². The van der Waals surface area contributed by atoms with Crippen LogP contribution in [0.4, 0.5) is 9.18 Å². The Morgan fingerprint density at radius 2 is 1.82 bits per heavy atom. The molecule has 146 valence electrons. The second-order valence-electron chi connectivity index (χ2n) is 7.09. The van der Waals surface area contributed by atoms with Crippen LogP contribution in [0.1, 0.15) is 25.8 Å². The standard InChI is InChI=1S/C21H21FN2O2S2/c1-21(2,3)24-20(25)26-13-17-23-18(15-11-7-8-12-16(15)22)19(28-17)27-14-9-5-4-6-10-14/h4-12H,13H2,1-3H3,(H,24,25). The maximum atomic E-state index is 14.4. The van der Waals surface area contributed by atoms with Gasteiger partial charge in [-0.15, -0.1) is 11.3 Å². The Morgan fingerprint density at radius 1 is 1.14 bits per heavy atom. The van der Waals surface area contributed by atoms with Crippen LogP contribution >= 0.6 is 23.1 Å². The minimum atomic E-state index is -0.507. The highest BCUT2D eigenvalue weighted by Gasteiger charge is 2.19. The highest BCUT2D eigenvalue weighted by molar-refractivity contribution is 8.01. The Hall–Kier alpha value is -2.38. The maximum absolute atomic E-state index is 14.4. The molecule has 0 saturated heterocycles. The number of nitrogens with one attached hydrogen (secondary N) is 1. The van der Waals surface area contributed by atoms with E-state index in [1.165, 1.54) is 29.2 Å². The number of thiazole rings is 1. The first-order valence-corrected chi connectivity index (χ1v) is 10.4. The van der Waals surface area contributed by atoms with Gasteiger partial charge in [-0.2, -0.15) is 0 Å². The Morgan fingerprint density at radius 3 is 2.50 bits per heavy atom. The molecular weight excluding hydrogens is 395 g/mol. The lowest BCUT2D eigenvalue weighted by Gasteiger charge is -2.19. The van der Waals surface area contributed by atoms with Gasteiger partial charge in [0, 0.05) is 16.0 Å². The fourth-order valence-electron chi connectivity index (χ4n) is 2.37. The first-order chi connectivity index (χ1) is 13.3. The smallest absolute Gasteiger partial charge is 0.407 e. The molecular formula is C21H21FN2O2S2. The predicted octanol–water partition coefficient (Wildman–Crippen LogP) is 6.13. The van der Waals surface area contributed by atoms with E-state index in [9.17, 15) is 9.18 Å².